The van der Waals surface area contributed by atoms with Crippen molar-refractivity contribution in [2.24, 2.45) is 0 Å². The third-order valence-electron chi connectivity index (χ3n) is 3.58. The van der Waals surface area contributed by atoms with Crippen LogP contribution >= 0.6 is 0 Å². The molecule has 1 heterocycles. The number of anilines is 1. The van der Waals surface area contributed by atoms with Crippen LogP contribution < -0.4 is 16.0 Å². The molecule has 0 bridgehead atoms. The first-order valence-corrected chi connectivity index (χ1v) is 7.55. The van der Waals surface area contributed by atoms with Crippen LogP contribution in [0.4, 0.5) is 5.69 Å². The number of piperidine rings is 1. The number of carbonyl (C=O) groups excluding carboxylic acids is 2. The first-order valence-electron chi connectivity index (χ1n) is 7.55. The van der Waals surface area contributed by atoms with Crippen molar-refractivity contribution in [2.75, 3.05) is 18.4 Å². The zero-order chi connectivity index (χ0) is 15.2. The minimum atomic E-state index is -0.424. The van der Waals surface area contributed by atoms with E-state index in [1.807, 2.05) is 25.1 Å². The van der Waals surface area contributed by atoms with E-state index >= 15 is 0 Å². The Morgan fingerprint density at radius 3 is 2.95 bits per heavy atom. The smallest absolute Gasteiger partial charge is 0.254 e. The fourth-order valence-electron chi connectivity index (χ4n) is 2.41. The van der Waals surface area contributed by atoms with Crippen molar-refractivity contribution < 1.29 is 9.59 Å². The molecule has 1 atom stereocenters. The standard InChI is InChI=1S/C16H23N3O2/c1-3-8-17-14-10-11(2)6-7-12(14)15(20)19-13-5-4-9-18-16(13)21/h6-7,10,13,17H,3-5,8-9H2,1-2H3,(H,18,21)(H,19,20). The maximum Gasteiger partial charge on any atom is 0.254 e. The van der Waals surface area contributed by atoms with Crippen LogP contribution in [0.2, 0.25) is 0 Å². The molecule has 0 saturated carbocycles. The van der Waals surface area contributed by atoms with Crippen LogP contribution in [0.25, 0.3) is 0 Å². The van der Waals surface area contributed by atoms with Gasteiger partial charge in [-0.25, -0.2) is 0 Å². The Labute approximate surface area is 125 Å². The molecule has 0 aromatic heterocycles. The SMILES string of the molecule is CCCNc1cc(C)ccc1C(=O)NC1CCCNC1=O. The number of benzene rings is 1. The molecule has 1 aliphatic heterocycles. The number of aryl methyl sites for hydroxylation is 1. The second-order valence-electron chi connectivity index (χ2n) is 5.44. The molecule has 1 aliphatic rings. The molecule has 1 fully saturated rings. The molecular weight excluding hydrogens is 266 g/mol. The summed E-state index contributed by atoms with van der Waals surface area (Å²) < 4.78 is 0. The van der Waals surface area contributed by atoms with Gasteiger partial charge in [-0.15, -0.1) is 0 Å². The van der Waals surface area contributed by atoms with Gasteiger partial charge in [-0.3, -0.25) is 9.59 Å². The summed E-state index contributed by atoms with van der Waals surface area (Å²) in [4.78, 5) is 24.2. The van der Waals surface area contributed by atoms with E-state index in [1.165, 1.54) is 0 Å². The van der Waals surface area contributed by atoms with E-state index < -0.39 is 6.04 Å². The van der Waals surface area contributed by atoms with Crippen molar-refractivity contribution >= 4 is 17.5 Å². The van der Waals surface area contributed by atoms with E-state index in [0.717, 1.165) is 30.6 Å². The van der Waals surface area contributed by atoms with Gasteiger partial charge in [0.1, 0.15) is 6.04 Å². The minimum Gasteiger partial charge on any atom is -0.384 e. The predicted octanol–water partition coefficient (Wildman–Crippen LogP) is 1.83. The van der Waals surface area contributed by atoms with Crippen LogP contribution in [-0.4, -0.2) is 30.9 Å². The maximum atomic E-state index is 12.4. The largest absolute Gasteiger partial charge is 0.384 e. The van der Waals surface area contributed by atoms with Crippen molar-refractivity contribution in [3.05, 3.63) is 29.3 Å². The van der Waals surface area contributed by atoms with E-state index in [4.69, 9.17) is 0 Å². The highest BCUT2D eigenvalue weighted by Gasteiger charge is 2.24. The Balaban J connectivity index is 2.12. The molecule has 0 aliphatic carbocycles. The molecule has 1 aromatic rings. The van der Waals surface area contributed by atoms with Crippen molar-refractivity contribution in [3.8, 4) is 0 Å². The molecule has 3 N–H and O–H groups in total. The lowest BCUT2D eigenvalue weighted by Gasteiger charge is -2.23. The van der Waals surface area contributed by atoms with Gasteiger partial charge in [0, 0.05) is 18.8 Å². The highest BCUT2D eigenvalue weighted by molar-refractivity contribution is 6.02. The van der Waals surface area contributed by atoms with E-state index in [-0.39, 0.29) is 11.8 Å². The Hall–Kier alpha value is -2.04. The quantitative estimate of drug-likeness (QED) is 0.774. The average molecular weight is 289 g/mol. The topological polar surface area (TPSA) is 70.2 Å². The van der Waals surface area contributed by atoms with Crippen LogP contribution in [0.3, 0.4) is 0 Å². The van der Waals surface area contributed by atoms with Gasteiger partial charge in [0.2, 0.25) is 5.91 Å². The normalized spacial score (nSPS) is 18.0. The van der Waals surface area contributed by atoms with Crippen molar-refractivity contribution in [3.63, 3.8) is 0 Å². The van der Waals surface area contributed by atoms with Crippen molar-refractivity contribution in [2.45, 2.75) is 39.2 Å². The molecule has 5 heteroatoms. The summed E-state index contributed by atoms with van der Waals surface area (Å²) in [5.74, 6) is -0.291. The van der Waals surface area contributed by atoms with Gasteiger partial charge in [-0.2, -0.15) is 0 Å². The van der Waals surface area contributed by atoms with E-state index in [1.54, 1.807) is 0 Å². The average Bonchev–Trinajstić information content (AvgIpc) is 2.47. The monoisotopic (exact) mass is 289 g/mol. The Bertz CT molecular complexity index is 528. The molecule has 2 rings (SSSR count). The molecule has 2 amide bonds. The summed E-state index contributed by atoms with van der Waals surface area (Å²) in [5.41, 5.74) is 2.51. The molecule has 1 aromatic carbocycles. The molecule has 0 spiro atoms. The van der Waals surface area contributed by atoms with Crippen LogP contribution in [0.1, 0.15) is 42.1 Å². The molecular formula is C16H23N3O2. The Morgan fingerprint density at radius 2 is 2.24 bits per heavy atom. The number of hydrogen-bond donors (Lipinski definition) is 3. The molecule has 21 heavy (non-hydrogen) atoms. The lowest BCUT2D eigenvalue weighted by Crippen LogP contribution is -2.50. The Morgan fingerprint density at radius 1 is 1.43 bits per heavy atom. The summed E-state index contributed by atoms with van der Waals surface area (Å²) in [6, 6.07) is 5.26. The molecule has 114 valence electrons. The van der Waals surface area contributed by atoms with Crippen LogP contribution in [0.15, 0.2) is 18.2 Å². The van der Waals surface area contributed by atoms with Gasteiger partial charge in [0.05, 0.1) is 5.56 Å². The third kappa shape index (κ3) is 3.97. The number of carbonyl (C=O) groups is 2. The number of rotatable bonds is 5. The second kappa shape index (κ2) is 7.11. The fraction of sp³-hybridized carbons (Fsp3) is 0.500. The highest BCUT2D eigenvalue weighted by atomic mass is 16.2. The first kappa shape index (κ1) is 15.4. The van der Waals surface area contributed by atoms with Crippen molar-refractivity contribution in [1.29, 1.82) is 0 Å². The van der Waals surface area contributed by atoms with E-state index in [0.29, 0.717) is 18.5 Å². The minimum absolute atomic E-state index is 0.0928. The molecule has 1 saturated heterocycles. The number of hydrogen-bond acceptors (Lipinski definition) is 3. The highest BCUT2D eigenvalue weighted by Crippen LogP contribution is 2.18. The van der Waals surface area contributed by atoms with Gasteiger partial charge in [-0.1, -0.05) is 13.0 Å². The number of nitrogens with one attached hydrogen (secondary N) is 3. The van der Waals surface area contributed by atoms with Crippen LogP contribution in [0.5, 0.6) is 0 Å². The molecule has 5 nitrogen and oxygen atoms in total. The third-order valence-corrected chi connectivity index (χ3v) is 3.58. The van der Waals surface area contributed by atoms with Gasteiger partial charge >= 0.3 is 0 Å². The fourth-order valence-corrected chi connectivity index (χ4v) is 2.41. The maximum absolute atomic E-state index is 12.4. The lowest BCUT2D eigenvalue weighted by atomic mass is 10.0. The summed E-state index contributed by atoms with van der Waals surface area (Å²) in [7, 11) is 0. The zero-order valence-corrected chi connectivity index (χ0v) is 12.7. The summed E-state index contributed by atoms with van der Waals surface area (Å²) in [6.07, 6.45) is 2.58. The van der Waals surface area contributed by atoms with E-state index in [9.17, 15) is 9.59 Å². The van der Waals surface area contributed by atoms with E-state index in [2.05, 4.69) is 22.9 Å². The lowest BCUT2D eigenvalue weighted by molar-refractivity contribution is -0.124. The van der Waals surface area contributed by atoms with Crippen molar-refractivity contribution in [1.82, 2.24) is 10.6 Å². The molecule has 0 radical (unpaired) electrons. The summed E-state index contributed by atoms with van der Waals surface area (Å²) >= 11 is 0. The summed E-state index contributed by atoms with van der Waals surface area (Å²) in [6.45, 7) is 5.58. The zero-order valence-electron chi connectivity index (χ0n) is 12.7. The molecule has 1 unspecified atom stereocenters. The van der Waals surface area contributed by atoms with Gasteiger partial charge in [0.25, 0.3) is 5.91 Å². The van der Waals surface area contributed by atoms with Gasteiger partial charge in [-0.05, 0) is 43.9 Å². The van der Waals surface area contributed by atoms with Crippen LogP contribution in [-0.2, 0) is 4.79 Å². The van der Waals surface area contributed by atoms with Gasteiger partial charge < -0.3 is 16.0 Å². The predicted molar refractivity (Wildman–Crippen MR) is 83.5 cm³/mol. The van der Waals surface area contributed by atoms with Crippen LogP contribution in [0, 0.1) is 6.92 Å². The summed E-state index contributed by atoms with van der Waals surface area (Å²) in [5, 5.41) is 8.88. The Kier molecular flexibility index (Phi) is 5.20. The second-order valence-corrected chi connectivity index (χ2v) is 5.44. The first-order chi connectivity index (χ1) is 10.1. The number of amides is 2. The van der Waals surface area contributed by atoms with Gasteiger partial charge in [0.15, 0.2) is 0 Å².